The molecule has 130 valence electrons. The van der Waals surface area contributed by atoms with E-state index < -0.39 is 0 Å². The molecular weight excluding hydrogens is 406 g/mol. The quantitative estimate of drug-likeness (QED) is 0.608. The highest BCUT2D eigenvalue weighted by atomic mass is 79.9. The number of nitrogens with zero attached hydrogens (tertiary/aromatic N) is 2. The third-order valence-electron chi connectivity index (χ3n) is 3.69. The topological polar surface area (TPSA) is 55.6 Å². The maximum atomic E-state index is 12.6. The second kappa shape index (κ2) is 7.89. The number of hydrogen-bond acceptors (Lipinski definition) is 3. The number of aryl methyl sites for hydroxylation is 1. The predicted molar refractivity (Wildman–Crippen MR) is 102 cm³/mol. The number of amides is 1. The number of halogens is 2. The van der Waals surface area contributed by atoms with Gasteiger partial charge in [-0.3, -0.25) is 9.20 Å². The molecule has 0 unspecified atom stereocenters. The van der Waals surface area contributed by atoms with Gasteiger partial charge in [-0.1, -0.05) is 34.5 Å². The van der Waals surface area contributed by atoms with Crippen molar-refractivity contribution in [2.75, 3.05) is 13.2 Å². The minimum atomic E-state index is -0.189. The summed E-state index contributed by atoms with van der Waals surface area (Å²) in [6.07, 6.45) is 2.44. The van der Waals surface area contributed by atoms with Crippen LogP contribution in [0.1, 0.15) is 23.1 Å². The van der Waals surface area contributed by atoms with Crippen LogP contribution in [0.5, 0.6) is 5.75 Å². The lowest BCUT2D eigenvalue weighted by Crippen LogP contribution is -2.29. The summed E-state index contributed by atoms with van der Waals surface area (Å²) >= 11 is 9.55. The zero-order valence-corrected chi connectivity index (χ0v) is 16.0. The van der Waals surface area contributed by atoms with Gasteiger partial charge in [-0.05, 0) is 42.8 Å². The molecule has 0 saturated carbocycles. The third-order valence-corrected chi connectivity index (χ3v) is 4.52. The van der Waals surface area contributed by atoms with Gasteiger partial charge in [-0.2, -0.15) is 0 Å². The molecule has 0 aliphatic rings. The minimum absolute atomic E-state index is 0.189. The maximum Gasteiger partial charge on any atom is 0.270 e. The van der Waals surface area contributed by atoms with Crippen LogP contribution in [0, 0.1) is 0 Å². The number of aromatic nitrogens is 2. The summed E-state index contributed by atoms with van der Waals surface area (Å²) in [5.41, 5.74) is 1.83. The fourth-order valence-electron chi connectivity index (χ4n) is 2.52. The van der Waals surface area contributed by atoms with Crippen molar-refractivity contribution in [1.82, 2.24) is 14.7 Å². The van der Waals surface area contributed by atoms with Crippen molar-refractivity contribution in [1.29, 1.82) is 0 Å². The number of carbonyl (C=O) groups is 1. The number of carbonyl (C=O) groups excluding carboxylic acids is 1. The van der Waals surface area contributed by atoms with Crippen LogP contribution in [0.4, 0.5) is 0 Å². The lowest BCUT2D eigenvalue weighted by Gasteiger charge is -2.09. The molecule has 3 aromatic rings. The first kappa shape index (κ1) is 17.8. The molecular formula is C18H17BrClN3O2. The highest BCUT2D eigenvalue weighted by Crippen LogP contribution is 2.20. The van der Waals surface area contributed by atoms with Gasteiger partial charge in [0.05, 0.1) is 17.3 Å². The molecule has 0 aliphatic carbocycles. The largest absolute Gasteiger partial charge is 0.492 e. The fourth-order valence-corrected chi connectivity index (χ4v) is 2.99. The average molecular weight is 423 g/mol. The van der Waals surface area contributed by atoms with Gasteiger partial charge in [0.15, 0.2) is 5.65 Å². The van der Waals surface area contributed by atoms with Crippen molar-refractivity contribution >= 4 is 39.1 Å². The molecule has 2 aromatic heterocycles. The molecule has 7 heteroatoms. The zero-order valence-electron chi connectivity index (χ0n) is 13.6. The molecule has 3 rings (SSSR count). The van der Waals surface area contributed by atoms with Gasteiger partial charge in [0, 0.05) is 10.7 Å². The van der Waals surface area contributed by atoms with Crippen molar-refractivity contribution in [3.05, 3.63) is 63.5 Å². The lowest BCUT2D eigenvalue weighted by atomic mass is 10.2. The number of benzene rings is 1. The van der Waals surface area contributed by atoms with E-state index in [1.165, 1.54) is 0 Å². The standard InChI is InChI=1S/C18H17BrClN3O2/c1-2-15-16(23-10-3-4-14(20)17(23)22-15)18(24)21-9-11-25-13-7-5-12(19)6-8-13/h3-8,10H,2,9,11H2,1H3,(H,21,24). The summed E-state index contributed by atoms with van der Waals surface area (Å²) < 4.78 is 8.33. The molecule has 0 bridgehead atoms. The SMILES string of the molecule is CCc1nc2c(Cl)cccn2c1C(=O)NCCOc1ccc(Br)cc1. The number of hydrogen-bond donors (Lipinski definition) is 1. The first-order valence-corrected chi connectivity index (χ1v) is 9.09. The molecule has 2 heterocycles. The Morgan fingerprint density at radius 1 is 1.32 bits per heavy atom. The van der Waals surface area contributed by atoms with Gasteiger partial charge in [0.1, 0.15) is 18.1 Å². The van der Waals surface area contributed by atoms with E-state index in [2.05, 4.69) is 26.2 Å². The molecule has 1 aromatic carbocycles. The Morgan fingerprint density at radius 2 is 2.08 bits per heavy atom. The number of nitrogens with one attached hydrogen (secondary N) is 1. The van der Waals surface area contributed by atoms with Gasteiger partial charge >= 0.3 is 0 Å². The Kier molecular flexibility index (Phi) is 5.60. The van der Waals surface area contributed by atoms with Crippen LogP contribution in [-0.4, -0.2) is 28.4 Å². The number of imidazole rings is 1. The van der Waals surface area contributed by atoms with Gasteiger partial charge in [-0.25, -0.2) is 4.98 Å². The van der Waals surface area contributed by atoms with Crippen molar-refractivity contribution in [2.24, 2.45) is 0 Å². The molecule has 0 saturated heterocycles. The van der Waals surface area contributed by atoms with E-state index in [-0.39, 0.29) is 5.91 Å². The van der Waals surface area contributed by atoms with E-state index in [0.29, 0.717) is 35.9 Å². The van der Waals surface area contributed by atoms with Crippen LogP contribution in [-0.2, 0) is 6.42 Å². The first-order valence-electron chi connectivity index (χ1n) is 7.92. The van der Waals surface area contributed by atoms with E-state index in [4.69, 9.17) is 16.3 Å². The van der Waals surface area contributed by atoms with Gasteiger partial charge in [0.2, 0.25) is 0 Å². The van der Waals surface area contributed by atoms with Crippen LogP contribution >= 0.6 is 27.5 Å². The molecule has 1 N–H and O–H groups in total. The highest BCUT2D eigenvalue weighted by Gasteiger charge is 2.19. The van der Waals surface area contributed by atoms with Crippen molar-refractivity contribution in [3.8, 4) is 5.75 Å². The van der Waals surface area contributed by atoms with Crippen LogP contribution in [0.25, 0.3) is 5.65 Å². The molecule has 25 heavy (non-hydrogen) atoms. The van der Waals surface area contributed by atoms with E-state index in [9.17, 15) is 4.79 Å². The van der Waals surface area contributed by atoms with Crippen LogP contribution in [0.3, 0.4) is 0 Å². The number of fused-ring (bicyclic) bond motifs is 1. The van der Waals surface area contributed by atoms with Gasteiger partial charge in [0.25, 0.3) is 5.91 Å². The molecule has 0 atom stereocenters. The first-order chi connectivity index (χ1) is 12.1. The highest BCUT2D eigenvalue weighted by molar-refractivity contribution is 9.10. The van der Waals surface area contributed by atoms with Gasteiger partial charge in [-0.15, -0.1) is 0 Å². The number of pyridine rings is 1. The van der Waals surface area contributed by atoms with Crippen molar-refractivity contribution < 1.29 is 9.53 Å². The van der Waals surface area contributed by atoms with E-state index >= 15 is 0 Å². The molecule has 0 aliphatic heterocycles. The van der Waals surface area contributed by atoms with E-state index in [0.717, 1.165) is 15.9 Å². The number of ether oxygens (including phenoxy) is 1. The Hall–Kier alpha value is -2.05. The molecule has 0 radical (unpaired) electrons. The normalized spacial score (nSPS) is 10.8. The van der Waals surface area contributed by atoms with E-state index in [1.54, 1.807) is 22.7 Å². The number of rotatable bonds is 6. The van der Waals surface area contributed by atoms with Gasteiger partial charge < -0.3 is 10.1 Å². The van der Waals surface area contributed by atoms with Crippen molar-refractivity contribution in [3.63, 3.8) is 0 Å². The maximum absolute atomic E-state index is 12.6. The summed E-state index contributed by atoms with van der Waals surface area (Å²) in [6.45, 7) is 2.74. The Bertz CT molecular complexity index is 893. The Labute approximate surface area is 159 Å². The monoisotopic (exact) mass is 421 g/mol. The van der Waals surface area contributed by atoms with Crippen LogP contribution in [0.2, 0.25) is 5.02 Å². The summed E-state index contributed by atoms with van der Waals surface area (Å²) in [5, 5.41) is 3.40. The predicted octanol–water partition coefficient (Wildman–Crippen LogP) is 4.12. The summed E-state index contributed by atoms with van der Waals surface area (Å²) in [5.74, 6) is 0.569. The summed E-state index contributed by atoms with van der Waals surface area (Å²) in [6, 6.07) is 11.1. The molecule has 1 amide bonds. The lowest BCUT2D eigenvalue weighted by molar-refractivity contribution is 0.0940. The van der Waals surface area contributed by atoms with E-state index in [1.807, 2.05) is 31.2 Å². The second-order valence-corrected chi connectivity index (χ2v) is 6.69. The Balaban J connectivity index is 1.66. The van der Waals surface area contributed by atoms with Crippen molar-refractivity contribution in [2.45, 2.75) is 13.3 Å². The fraction of sp³-hybridized carbons (Fsp3) is 0.222. The zero-order chi connectivity index (χ0) is 17.8. The van der Waals surface area contributed by atoms with Crippen LogP contribution < -0.4 is 10.1 Å². The summed E-state index contributed by atoms with van der Waals surface area (Å²) in [4.78, 5) is 17.1. The molecule has 5 nitrogen and oxygen atoms in total. The third kappa shape index (κ3) is 3.96. The summed E-state index contributed by atoms with van der Waals surface area (Å²) in [7, 11) is 0. The molecule has 0 fully saturated rings. The second-order valence-electron chi connectivity index (χ2n) is 5.37. The minimum Gasteiger partial charge on any atom is -0.492 e. The average Bonchev–Trinajstić information content (AvgIpc) is 3.00. The Morgan fingerprint density at radius 3 is 2.80 bits per heavy atom. The van der Waals surface area contributed by atoms with Crippen LogP contribution in [0.15, 0.2) is 47.1 Å². The smallest absolute Gasteiger partial charge is 0.270 e. The molecule has 0 spiro atoms.